The maximum absolute atomic E-state index is 12.2. The summed E-state index contributed by atoms with van der Waals surface area (Å²) in [5.41, 5.74) is 0.564. The molecule has 0 bridgehead atoms. The number of non-ortho nitro benzene ring substituents is 1. The summed E-state index contributed by atoms with van der Waals surface area (Å²) < 4.78 is 30.7. The third-order valence-corrected chi connectivity index (χ3v) is 5.12. The summed E-state index contributed by atoms with van der Waals surface area (Å²) in [6.07, 6.45) is 1.34. The fraction of sp³-hybridized carbons (Fsp3) is 0.316. The van der Waals surface area contributed by atoms with Crippen LogP contribution in [0, 0.1) is 10.1 Å². The molecular weight excluding hydrogens is 398 g/mol. The van der Waals surface area contributed by atoms with Crippen molar-refractivity contribution in [2.45, 2.75) is 19.8 Å². The lowest BCUT2D eigenvalue weighted by Gasteiger charge is -2.22. The molecular formula is C19H23N3O6S. The van der Waals surface area contributed by atoms with Crippen LogP contribution < -0.4 is 14.4 Å². The molecule has 0 aliphatic rings. The van der Waals surface area contributed by atoms with Crippen LogP contribution in [0.5, 0.6) is 5.75 Å². The number of anilines is 2. The number of hydrogen-bond acceptors (Lipinski definition) is 6. The van der Waals surface area contributed by atoms with Gasteiger partial charge in [-0.1, -0.05) is 12.1 Å². The second kappa shape index (κ2) is 9.87. The number of rotatable bonds is 10. The van der Waals surface area contributed by atoms with Gasteiger partial charge in [0.25, 0.3) is 5.69 Å². The average molecular weight is 421 g/mol. The molecule has 0 heterocycles. The van der Waals surface area contributed by atoms with E-state index in [4.69, 9.17) is 4.74 Å². The normalized spacial score (nSPS) is 11.0. The van der Waals surface area contributed by atoms with Crippen LogP contribution in [0.2, 0.25) is 0 Å². The Bertz CT molecular complexity index is 977. The van der Waals surface area contributed by atoms with Crippen molar-refractivity contribution < 1.29 is 22.9 Å². The molecule has 0 spiro atoms. The standard InChI is InChI=1S/C19H23N3O6S/c1-3-28-18-10-4-7-15(13-18)20-19(23)11-6-12-21(29(2,26)27)16-8-5-9-17(14-16)22(24)25/h4-5,7-10,13-14H,3,6,11-12H2,1-2H3,(H,20,23). The predicted molar refractivity (Wildman–Crippen MR) is 111 cm³/mol. The lowest BCUT2D eigenvalue weighted by atomic mass is 10.2. The van der Waals surface area contributed by atoms with E-state index in [1.807, 2.05) is 6.92 Å². The topological polar surface area (TPSA) is 119 Å². The molecule has 0 saturated heterocycles. The van der Waals surface area contributed by atoms with Gasteiger partial charge < -0.3 is 10.1 Å². The van der Waals surface area contributed by atoms with Crippen molar-refractivity contribution in [2.24, 2.45) is 0 Å². The van der Waals surface area contributed by atoms with Gasteiger partial charge in [-0.3, -0.25) is 19.2 Å². The monoisotopic (exact) mass is 421 g/mol. The number of nitro groups is 1. The summed E-state index contributed by atoms with van der Waals surface area (Å²) in [4.78, 5) is 22.5. The maximum atomic E-state index is 12.2. The van der Waals surface area contributed by atoms with E-state index in [1.54, 1.807) is 24.3 Å². The quantitative estimate of drug-likeness (QED) is 0.465. The van der Waals surface area contributed by atoms with Crippen LogP contribution in [0.1, 0.15) is 19.8 Å². The first-order chi connectivity index (χ1) is 13.7. The largest absolute Gasteiger partial charge is 0.494 e. The number of sulfonamides is 1. The summed E-state index contributed by atoms with van der Waals surface area (Å²) in [7, 11) is -3.67. The fourth-order valence-corrected chi connectivity index (χ4v) is 3.64. The fourth-order valence-electron chi connectivity index (χ4n) is 2.69. The first-order valence-corrected chi connectivity index (χ1v) is 10.8. The second-order valence-corrected chi connectivity index (χ2v) is 8.13. The van der Waals surface area contributed by atoms with Crippen molar-refractivity contribution in [2.75, 3.05) is 29.0 Å². The van der Waals surface area contributed by atoms with E-state index in [2.05, 4.69) is 5.32 Å². The first-order valence-electron chi connectivity index (χ1n) is 8.95. The number of benzene rings is 2. The number of nitro benzene ring substituents is 1. The van der Waals surface area contributed by atoms with E-state index in [1.165, 1.54) is 24.3 Å². The molecule has 2 rings (SSSR count). The summed E-state index contributed by atoms with van der Waals surface area (Å²) in [6, 6.07) is 12.3. The summed E-state index contributed by atoms with van der Waals surface area (Å²) >= 11 is 0. The van der Waals surface area contributed by atoms with Gasteiger partial charge >= 0.3 is 0 Å². The number of hydrogen-bond donors (Lipinski definition) is 1. The highest BCUT2D eigenvalue weighted by Gasteiger charge is 2.19. The zero-order valence-corrected chi connectivity index (χ0v) is 17.0. The molecule has 29 heavy (non-hydrogen) atoms. The lowest BCUT2D eigenvalue weighted by Crippen LogP contribution is -2.31. The van der Waals surface area contributed by atoms with Crippen molar-refractivity contribution in [1.82, 2.24) is 0 Å². The number of nitrogens with zero attached hydrogens (tertiary/aromatic N) is 2. The van der Waals surface area contributed by atoms with Crippen LogP contribution in [-0.4, -0.2) is 38.7 Å². The van der Waals surface area contributed by atoms with Gasteiger partial charge in [-0.15, -0.1) is 0 Å². The first kappa shape index (κ1) is 22.2. The smallest absolute Gasteiger partial charge is 0.271 e. The molecule has 156 valence electrons. The maximum Gasteiger partial charge on any atom is 0.271 e. The Kier molecular flexibility index (Phi) is 7.54. The molecule has 0 radical (unpaired) electrons. The van der Waals surface area contributed by atoms with Crippen molar-refractivity contribution in [3.8, 4) is 5.75 Å². The van der Waals surface area contributed by atoms with Gasteiger partial charge in [0.15, 0.2) is 0 Å². The van der Waals surface area contributed by atoms with Crippen molar-refractivity contribution in [1.29, 1.82) is 0 Å². The minimum atomic E-state index is -3.67. The molecule has 0 saturated carbocycles. The van der Waals surface area contributed by atoms with Crippen molar-refractivity contribution in [3.63, 3.8) is 0 Å². The van der Waals surface area contributed by atoms with Gasteiger partial charge in [0.2, 0.25) is 15.9 Å². The molecule has 2 aromatic rings. The van der Waals surface area contributed by atoms with Crippen LogP contribution in [0.25, 0.3) is 0 Å². The Morgan fingerprint density at radius 3 is 2.59 bits per heavy atom. The average Bonchev–Trinajstić information content (AvgIpc) is 2.65. The molecule has 0 aliphatic carbocycles. The summed E-state index contributed by atoms with van der Waals surface area (Å²) in [5.74, 6) is 0.366. The Morgan fingerprint density at radius 2 is 1.93 bits per heavy atom. The van der Waals surface area contributed by atoms with Gasteiger partial charge in [-0.2, -0.15) is 0 Å². The Morgan fingerprint density at radius 1 is 1.21 bits per heavy atom. The molecule has 0 unspecified atom stereocenters. The Hall–Kier alpha value is -3.14. The lowest BCUT2D eigenvalue weighted by molar-refractivity contribution is -0.384. The minimum absolute atomic E-state index is 0.0202. The van der Waals surface area contributed by atoms with E-state index in [-0.39, 0.29) is 36.7 Å². The van der Waals surface area contributed by atoms with E-state index in [0.29, 0.717) is 18.0 Å². The van der Waals surface area contributed by atoms with E-state index < -0.39 is 14.9 Å². The molecule has 1 N–H and O–H groups in total. The summed E-state index contributed by atoms with van der Waals surface area (Å²) in [5, 5.41) is 13.7. The summed E-state index contributed by atoms with van der Waals surface area (Å²) in [6.45, 7) is 2.39. The van der Waals surface area contributed by atoms with Crippen LogP contribution in [0.3, 0.4) is 0 Å². The second-order valence-electron chi connectivity index (χ2n) is 6.22. The van der Waals surface area contributed by atoms with E-state index >= 15 is 0 Å². The number of amides is 1. The van der Waals surface area contributed by atoms with Crippen LogP contribution in [0.15, 0.2) is 48.5 Å². The van der Waals surface area contributed by atoms with Gasteiger partial charge in [0.1, 0.15) is 5.75 Å². The number of carbonyl (C=O) groups excluding carboxylic acids is 1. The number of ether oxygens (including phenoxy) is 1. The van der Waals surface area contributed by atoms with Crippen molar-refractivity contribution in [3.05, 3.63) is 58.6 Å². The van der Waals surface area contributed by atoms with Crippen LogP contribution >= 0.6 is 0 Å². The molecule has 1 amide bonds. The minimum Gasteiger partial charge on any atom is -0.494 e. The van der Waals surface area contributed by atoms with Gasteiger partial charge in [0.05, 0.1) is 23.5 Å². The van der Waals surface area contributed by atoms with Crippen molar-refractivity contribution >= 4 is 33.0 Å². The third-order valence-electron chi connectivity index (χ3n) is 3.92. The highest BCUT2D eigenvalue weighted by Crippen LogP contribution is 2.24. The van der Waals surface area contributed by atoms with Gasteiger partial charge in [0, 0.05) is 36.9 Å². The highest BCUT2D eigenvalue weighted by atomic mass is 32.2. The Labute approximate surface area is 169 Å². The Balaban J connectivity index is 2.00. The van der Waals surface area contributed by atoms with Crippen LogP contribution in [0.4, 0.5) is 17.1 Å². The number of carbonyl (C=O) groups is 1. The van der Waals surface area contributed by atoms with Gasteiger partial charge in [-0.25, -0.2) is 8.42 Å². The van der Waals surface area contributed by atoms with Gasteiger partial charge in [-0.05, 0) is 31.5 Å². The molecule has 10 heteroatoms. The molecule has 0 atom stereocenters. The van der Waals surface area contributed by atoms with E-state index in [9.17, 15) is 23.3 Å². The highest BCUT2D eigenvalue weighted by molar-refractivity contribution is 7.92. The SMILES string of the molecule is CCOc1cccc(NC(=O)CCCN(c2cccc([N+](=O)[O-])c2)S(C)(=O)=O)c1. The number of nitrogens with one attached hydrogen (secondary N) is 1. The molecule has 0 aliphatic heterocycles. The molecule has 0 aromatic heterocycles. The van der Waals surface area contributed by atoms with Crippen LogP contribution in [-0.2, 0) is 14.8 Å². The predicted octanol–water partition coefficient (Wildman–Crippen LogP) is 3.18. The zero-order chi connectivity index (χ0) is 21.4. The molecule has 2 aromatic carbocycles. The third kappa shape index (κ3) is 6.75. The molecule has 9 nitrogen and oxygen atoms in total. The molecule has 0 fully saturated rings. The van der Waals surface area contributed by atoms with E-state index in [0.717, 1.165) is 10.6 Å². The zero-order valence-electron chi connectivity index (χ0n) is 16.2.